The highest BCUT2D eigenvalue weighted by molar-refractivity contribution is 9.10. The first kappa shape index (κ1) is 18.0. The second-order valence-electron chi connectivity index (χ2n) is 6.87. The van der Waals surface area contributed by atoms with E-state index in [1.807, 2.05) is 0 Å². The lowest BCUT2D eigenvalue weighted by atomic mass is 9.85. The van der Waals surface area contributed by atoms with E-state index < -0.39 is 0 Å². The minimum Gasteiger partial charge on any atom is -0.487 e. The highest BCUT2D eigenvalue weighted by Gasteiger charge is 2.22. The zero-order valence-electron chi connectivity index (χ0n) is 14.4. The molecule has 2 aromatic rings. The van der Waals surface area contributed by atoms with E-state index in [1.54, 1.807) is 0 Å². The van der Waals surface area contributed by atoms with Gasteiger partial charge in [-0.2, -0.15) is 0 Å². The number of halogens is 1. The van der Waals surface area contributed by atoms with E-state index in [-0.39, 0.29) is 5.41 Å². The molecule has 0 aliphatic carbocycles. The van der Waals surface area contributed by atoms with Gasteiger partial charge in [-0.25, -0.2) is 0 Å². The van der Waals surface area contributed by atoms with Crippen molar-refractivity contribution in [1.82, 2.24) is 0 Å². The Bertz CT molecular complexity index is 657. The molecule has 2 rings (SSSR count). The first-order chi connectivity index (χ1) is 10.8. The molecule has 3 heteroatoms. The number of nitrogens with two attached hydrogens (primary N) is 1. The van der Waals surface area contributed by atoms with Crippen LogP contribution in [0.25, 0.3) is 0 Å². The summed E-state index contributed by atoms with van der Waals surface area (Å²) in [6, 6.07) is 12.7. The van der Waals surface area contributed by atoms with Crippen LogP contribution >= 0.6 is 15.9 Å². The Morgan fingerprint density at radius 3 is 2.13 bits per heavy atom. The van der Waals surface area contributed by atoms with Gasteiger partial charge in [0.2, 0.25) is 0 Å². The number of benzene rings is 2. The van der Waals surface area contributed by atoms with Gasteiger partial charge in [0, 0.05) is 12.1 Å². The summed E-state index contributed by atoms with van der Waals surface area (Å²) in [6.07, 6.45) is 1.02. The maximum atomic E-state index is 6.18. The van der Waals surface area contributed by atoms with Gasteiger partial charge >= 0.3 is 0 Å². The van der Waals surface area contributed by atoms with Crippen molar-refractivity contribution in [2.24, 2.45) is 5.73 Å². The Balaban J connectivity index is 2.27. The molecule has 2 nitrogen and oxygen atoms in total. The first-order valence-corrected chi connectivity index (χ1v) is 8.88. The summed E-state index contributed by atoms with van der Waals surface area (Å²) < 4.78 is 7.20. The number of ether oxygens (including phenoxy) is 1. The molecule has 124 valence electrons. The summed E-state index contributed by atoms with van der Waals surface area (Å²) in [5.41, 5.74) is 10.5. The first-order valence-electron chi connectivity index (χ1n) is 8.08. The van der Waals surface area contributed by atoms with E-state index >= 15 is 0 Å². The molecular weight excluding hydrogens is 350 g/mol. The molecule has 23 heavy (non-hydrogen) atoms. The second-order valence-corrected chi connectivity index (χ2v) is 7.72. The van der Waals surface area contributed by atoms with E-state index in [9.17, 15) is 0 Å². The quantitative estimate of drug-likeness (QED) is 0.764. The van der Waals surface area contributed by atoms with Gasteiger partial charge in [0.15, 0.2) is 0 Å². The molecule has 0 bridgehead atoms. The van der Waals surface area contributed by atoms with Crippen LogP contribution in [0.5, 0.6) is 5.75 Å². The van der Waals surface area contributed by atoms with Gasteiger partial charge < -0.3 is 10.5 Å². The maximum absolute atomic E-state index is 6.18. The number of hydrogen-bond acceptors (Lipinski definition) is 2. The average Bonchev–Trinajstić information content (AvgIpc) is 2.52. The third kappa shape index (κ3) is 4.58. The Labute approximate surface area is 148 Å². The molecular formula is C20H26BrNO. The predicted octanol–water partition coefficient (Wildman–Crippen LogP) is 5.35. The van der Waals surface area contributed by atoms with Crippen molar-refractivity contribution >= 4 is 15.9 Å². The Kier molecular flexibility index (Phi) is 5.88. The van der Waals surface area contributed by atoms with Crippen LogP contribution in [0.1, 0.15) is 49.9 Å². The van der Waals surface area contributed by atoms with Crippen molar-refractivity contribution in [3.8, 4) is 5.75 Å². The van der Waals surface area contributed by atoms with Crippen molar-refractivity contribution in [1.29, 1.82) is 0 Å². The molecule has 0 fully saturated rings. The fourth-order valence-corrected chi connectivity index (χ4v) is 3.11. The van der Waals surface area contributed by atoms with Crippen LogP contribution in [0, 0.1) is 0 Å². The standard InChI is InChI=1S/C20H26BrNO/c1-5-14-10-17(20(2,3)4)19(18(21)11-14)23-13-16-8-6-15(12-22)7-9-16/h6-11H,5,12-13,22H2,1-4H3. The Morgan fingerprint density at radius 1 is 1.00 bits per heavy atom. The number of aryl methyl sites for hydroxylation is 1. The molecule has 0 aliphatic rings. The van der Waals surface area contributed by atoms with Crippen LogP contribution in [0.15, 0.2) is 40.9 Å². The van der Waals surface area contributed by atoms with Gasteiger partial charge in [-0.05, 0) is 50.5 Å². The van der Waals surface area contributed by atoms with Gasteiger partial charge in [-0.1, -0.05) is 58.0 Å². The molecule has 0 amide bonds. The molecule has 0 unspecified atom stereocenters. The third-order valence-corrected chi connectivity index (χ3v) is 4.55. The number of hydrogen-bond donors (Lipinski definition) is 1. The average molecular weight is 376 g/mol. The van der Waals surface area contributed by atoms with Gasteiger partial charge in [0.05, 0.1) is 4.47 Å². The highest BCUT2D eigenvalue weighted by Crippen LogP contribution is 2.38. The van der Waals surface area contributed by atoms with Crippen LogP contribution in [0.3, 0.4) is 0 Å². The topological polar surface area (TPSA) is 35.2 Å². The summed E-state index contributed by atoms with van der Waals surface area (Å²) in [4.78, 5) is 0. The van der Waals surface area contributed by atoms with E-state index in [2.05, 4.69) is 80.0 Å². The third-order valence-electron chi connectivity index (χ3n) is 3.96. The molecule has 0 spiro atoms. The van der Waals surface area contributed by atoms with Crippen molar-refractivity contribution in [3.05, 3.63) is 63.1 Å². The summed E-state index contributed by atoms with van der Waals surface area (Å²) >= 11 is 3.69. The van der Waals surface area contributed by atoms with E-state index in [0.29, 0.717) is 13.2 Å². The van der Waals surface area contributed by atoms with E-state index in [4.69, 9.17) is 10.5 Å². The van der Waals surface area contributed by atoms with Gasteiger partial charge in [0.25, 0.3) is 0 Å². The van der Waals surface area contributed by atoms with E-state index in [1.165, 1.54) is 11.1 Å². The smallest absolute Gasteiger partial charge is 0.137 e. The van der Waals surface area contributed by atoms with Crippen molar-refractivity contribution in [3.63, 3.8) is 0 Å². The van der Waals surface area contributed by atoms with Gasteiger partial charge in [0.1, 0.15) is 12.4 Å². The summed E-state index contributed by atoms with van der Waals surface area (Å²) in [5.74, 6) is 0.942. The predicted molar refractivity (Wildman–Crippen MR) is 101 cm³/mol. The molecule has 0 radical (unpaired) electrons. The Morgan fingerprint density at radius 2 is 1.61 bits per heavy atom. The fourth-order valence-electron chi connectivity index (χ4n) is 2.48. The Hall–Kier alpha value is -1.32. The summed E-state index contributed by atoms with van der Waals surface area (Å²) in [7, 11) is 0. The summed E-state index contributed by atoms with van der Waals surface area (Å²) in [5, 5.41) is 0. The monoisotopic (exact) mass is 375 g/mol. The highest BCUT2D eigenvalue weighted by atomic mass is 79.9. The van der Waals surface area contributed by atoms with Crippen molar-refractivity contribution in [2.75, 3.05) is 0 Å². The fraction of sp³-hybridized carbons (Fsp3) is 0.400. The van der Waals surface area contributed by atoms with Crippen molar-refractivity contribution < 1.29 is 4.74 Å². The van der Waals surface area contributed by atoms with E-state index in [0.717, 1.165) is 27.8 Å². The van der Waals surface area contributed by atoms with Crippen molar-refractivity contribution in [2.45, 2.75) is 52.7 Å². The van der Waals surface area contributed by atoms with Gasteiger partial charge in [-0.3, -0.25) is 0 Å². The SMILES string of the molecule is CCc1cc(Br)c(OCc2ccc(CN)cc2)c(C(C)(C)C)c1. The van der Waals surface area contributed by atoms with Crippen LogP contribution in [-0.4, -0.2) is 0 Å². The molecule has 0 aliphatic heterocycles. The normalized spacial score (nSPS) is 11.6. The van der Waals surface area contributed by atoms with Gasteiger partial charge in [-0.15, -0.1) is 0 Å². The zero-order valence-corrected chi connectivity index (χ0v) is 16.0. The van der Waals surface area contributed by atoms with Crippen LogP contribution < -0.4 is 10.5 Å². The minimum absolute atomic E-state index is 0.0342. The molecule has 0 atom stereocenters. The van der Waals surface area contributed by atoms with Crippen LogP contribution in [0.4, 0.5) is 0 Å². The number of rotatable bonds is 5. The lowest BCUT2D eigenvalue weighted by Crippen LogP contribution is -2.14. The van der Waals surface area contributed by atoms with Crippen LogP contribution in [0.2, 0.25) is 0 Å². The molecule has 2 N–H and O–H groups in total. The zero-order chi connectivity index (χ0) is 17.0. The lowest BCUT2D eigenvalue weighted by molar-refractivity contribution is 0.295. The van der Waals surface area contributed by atoms with Crippen LogP contribution in [-0.2, 0) is 25.0 Å². The molecule has 0 saturated carbocycles. The molecule has 0 aromatic heterocycles. The molecule has 2 aromatic carbocycles. The molecule has 0 saturated heterocycles. The molecule has 0 heterocycles. The maximum Gasteiger partial charge on any atom is 0.137 e. The summed E-state index contributed by atoms with van der Waals surface area (Å²) in [6.45, 7) is 9.95. The second kappa shape index (κ2) is 7.50. The lowest BCUT2D eigenvalue weighted by Gasteiger charge is -2.25. The minimum atomic E-state index is 0.0342. The largest absolute Gasteiger partial charge is 0.487 e.